The molecule has 108 valence electrons. The zero-order valence-corrected chi connectivity index (χ0v) is 12.2. The third kappa shape index (κ3) is 2.67. The molecule has 5 nitrogen and oxygen atoms in total. The van der Waals surface area contributed by atoms with Crippen molar-refractivity contribution in [2.24, 2.45) is 5.92 Å². The van der Waals surface area contributed by atoms with Crippen molar-refractivity contribution in [2.75, 3.05) is 13.1 Å². The number of thiazole rings is 1. The number of nitrogens with zero attached hydrogens (tertiary/aromatic N) is 2. The zero-order chi connectivity index (χ0) is 15.7. The zero-order valence-electron chi connectivity index (χ0n) is 12.3. The van der Waals surface area contributed by atoms with Crippen LogP contribution in [0, 0.1) is 5.92 Å². The van der Waals surface area contributed by atoms with Crippen molar-refractivity contribution >= 4 is 33.4 Å². The van der Waals surface area contributed by atoms with Gasteiger partial charge in [-0.05, 0) is 30.8 Å². The number of amides is 2. The molecule has 2 aromatic rings. The molecule has 1 aliphatic heterocycles. The summed E-state index contributed by atoms with van der Waals surface area (Å²) >= 11 is 1.45. The van der Waals surface area contributed by atoms with Gasteiger partial charge >= 0.3 is 0 Å². The summed E-state index contributed by atoms with van der Waals surface area (Å²) < 4.78 is 9.05. The first-order chi connectivity index (χ1) is 10.6. The average molecular weight is 303 g/mol. The molecule has 0 radical (unpaired) electrons. The Kier molecular flexibility index (Phi) is 3.37. The van der Waals surface area contributed by atoms with Crippen LogP contribution in [-0.2, 0) is 4.79 Å². The lowest BCUT2D eigenvalue weighted by Crippen LogP contribution is -2.32. The van der Waals surface area contributed by atoms with Crippen LogP contribution in [0.5, 0.6) is 0 Å². The summed E-state index contributed by atoms with van der Waals surface area (Å²) in [6, 6.07) is 3.64. The molecule has 2 heterocycles. The number of aromatic nitrogens is 1. The van der Waals surface area contributed by atoms with Gasteiger partial charge in [-0.1, -0.05) is 6.58 Å². The fourth-order valence-electron chi connectivity index (χ4n) is 2.47. The first kappa shape index (κ1) is 12.5. The van der Waals surface area contributed by atoms with Crippen LogP contribution < -0.4 is 5.32 Å². The molecular weight excluding hydrogens is 286 g/mol. The molecule has 2 amide bonds. The van der Waals surface area contributed by atoms with Crippen molar-refractivity contribution in [3.63, 3.8) is 0 Å². The Balaban J connectivity index is 1.80. The van der Waals surface area contributed by atoms with Gasteiger partial charge in [-0.15, -0.1) is 11.3 Å². The van der Waals surface area contributed by atoms with Gasteiger partial charge in [-0.3, -0.25) is 9.59 Å². The monoisotopic (exact) mass is 303 g/mol. The van der Waals surface area contributed by atoms with E-state index in [0.717, 1.165) is 4.70 Å². The molecule has 0 bridgehead atoms. The Morgan fingerprint density at radius 1 is 1.57 bits per heavy atom. The summed E-state index contributed by atoms with van der Waals surface area (Å²) in [6.07, 6.45) is 1.97. The molecule has 1 fully saturated rings. The minimum Gasteiger partial charge on any atom is -0.338 e. The Morgan fingerprint density at radius 2 is 2.43 bits per heavy atom. The van der Waals surface area contributed by atoms with Crippen LogP contribution in [0.3, 0.4) is 0 Å². The summed E-state index contributed by atoms with van der Waals surface area (Å²) in [5, 5.41) is 2.56. The van der Waals surface area contributed by atoms with Gasteiger partial charge in [0.2, 0.25) is 5.91 Å². The van der Waals surface area contributed by atoms with Crippen LogP contribution in [0.15, 0.2) is 36.5 Å². The SMILES string of the molecule is [3H]c1c(C(=O)N2CCC(C(=O)NC=C)C2)ccc2scnc12. The fourth-order valence-corrected chi connectivity index (χ4v) is 3.10. The lowest BCUT2D eigenvalue weighted by atomic mass is 10.1. The first-order valence-electron chi connectivity index (χ1n) is 7.15. The second-order valence-electron chi connectivity index (χ2n) is 4.89. The molecule has 1 N–H and O–H groups in total. The smallest absolute Gasteiger partial charge is 0.253 e. The van der Waals surface area contributed by atoms with Crippen LogP contribution in [0.1, 0.15) is 18.1 Å². The summed E-state index contributed by atoms with van der Waals surface area (Å²) in [7, 11) is 0. The van der Waals surface area contributed by atoms with E-state index >= 15 is 0 Å². The predicted molar refractivity (Wildman–Crippen MR) is 82.0 cm³/mol. The summed E-state index contributed by atoms with van der Waals surface area (Å²) in [5.74, 6) is -0.556. The second-order valence-corrected chi connectivity index (χ2v) is 5.77. The van der Waals surface area contributed by atoms with Gasteiger partial charge in [0.25, 0.3) is 5.91 Å². The second kappa shape index (κ2) is 5.65. The summed E-state index contributed by atoms with van der Waals surface area (Å²) in [4.78, 5) is 30.1. The number of benzene rings is 1. The molecule has 1 unspecified atom stereocenters. The lowest BCUT2D eigenvalue weighted by molar-refractivity contribution is -0.123. The molecule has 1 aliphatic rings. The van der Waals surface area contributed by atoms with E-state index in [2.05, 4.69) is 16.9 Å². The summed E-state index contributed by atoms with van der Waals surface area (Å²) in [5.41, 5.74) is 2.56. The molecule has 21 heavy (non-hydrogen) atoms. The van der Waals surface area contributed by atoms with Crippen molar-refractivity contribution in [3.05, 3.63) is 42.0 Å². The number of likely N-dealkylation sites (tertiary alicyclic amines) is 1. The number of rotatable bonds is 3. The molecule has 1 aromatic carbocycles. The maximum Gasteiger partial charge on any atom is 0.253 e. The average Bonchev–Trinajstić information content (AvgIpc) is 3.17. The number of fused-ring (bicyclic) bond motifs is 1. The Hall–Kier alpha value is -2.21. The molecule has 1 saturated heterocycles. The van der Waals surface area contributed by atoms with Gasteiger partial charge in [-0.25, -0.2) is 4.98 Å². The minimum atomic E-state index is -0.223. The molecule has 0 spiro atoms. The van der Waals surface area contributed by atoms with E-state index in [-0.39, 0.29) is 23.8 Å². The molecule has 0 saturated carbocycles. The highest BCUT2D eigenvalue weighted by molar-refractivity contribution is 7.16. The Bertz CT molecular complexity index is 758. The number of hydrogen-bond acceptors (Lipinski definition) is 4. The number of hydrogen-bond donors (Lipinski definition) is 1. The maximum atomic E-state index is 12.6. The van der Waals surface area contributed by atoms with E-state index in [1.54, 1.807) is 16.5 Å². The molecule has 1 aromatic heterocycles. The fraction of sp³-hybridized carbons (Fsp3) is 0.267. The van der Waals surface area contributed by atoms with Gasteiger partial charge in [0.15, 0.2) is 0 Å². The van der Waals surface area contributed by atoms with Gasteiger partial charge in [0.05, 0.1) is 23.0 Å². The standard InChI is InChI=1S/C15H15N3O2S/c1-2-16-14(19)11-5-6-18(8-11)15(20)10-3-4-13-12(7-10)17-9-21-13/h2-4,7,9,11H,1,5-6,8H2,(H,16,19)/i7T. The van der Waals surface area contributed by atoms with Crippen LogP contribution in [-0.4, -0.2) is 34.8 Å². The highest BCUT2D eigenvalue weighted by atomic mass is 32.1. The van der Waals surface area contributed by atoms with E-state index in [4.69, 9.17) is 1.37 Å². The van der Waals surface area contributed by atoms with Crippen molar-refractivity contribution in [1.29, 1.82) is 0 Å². The van der Waals surface area contributed by atoms with E-state index in [0.29, 0.717) is 30.6 Å². The van der Waals surface area contributed by atoms with E-state index in [1.807, 2.05) is 6.07 Å². The van der Waals surface area contributed by atoms with Crippen molar-refractivity contribution < 1.29 is 11.0 Å². The van der Waals surface area contributed by atoms with Gasteiger partial charge in [-0.2, -0.15) is 0 Å². The van der Waals surface area contributed by atoms with Crippen molar-refractivity contribution in [1.82, 2.24) is 15.2 Å². The molecular formula is C15H15N3O2S. The first-order valence-corrected chi connectivity index (χ1v) is 7.53. The molecule has 6 heteroatoms. The van der Waals surface area contributed by atoms with E-state index in [1.165, 1.54) is 17.5 Å². The third-order valence-corrected chi connectivity index (χ3v) is 4.36. The molecule has 3 rings (SSSR count). The number of nitrogens with one attached hydrogen (secondary N) is 1. The highest BCUT2D eigenvalue weighted by Gasteiger charge is 2.31. The normalized spacial score (nSPS) is 18.6. The highest BCUT2D eigenvalue weighted by Crippen LogP contribution is 2.22. The quantitative estimate of drug-likeness (QED) is 0.943. The van der Waals surface area contributed by atoms with Crippen molar-refractivity contribution in [3.8, 4) is 0 Å². The lowest BCUT2D eigenvalue weighted by Gasteiger charge is -2.16. The molecule has 1 atom stereocenters. The van der Waals surface area contributed by atoms with Crippen molar-refractivity contribution in [2.45, 2.75) is 6.42 Å². The number of carbonyl (C=O) groups excluding carboxylic acids is 2. The predicted octanol–water partition coefficient (Wildman–Crippen LogP) is 2.02. The maximum absolute atomic E-state index is 12.6. The minimum absolute atomic E-state index is 0.119. The van der Waals surface area contributed by atoms with Crippen LogP contribution in [0.25, 0.3) is 10.2 Å². The van der Waals surface area contributed by atoms with Gasteiger partial charge < -0.3 is 10.2 Å². The Morgan fingerprint density at radius 3 is 3.24 bits per heavy atom. The topological polar surface area (TPSA) is 62.3 Å². The van der Waals surface area contributed by atoms with E-state index in [9.17, 15) is 9.59 Å². The van der Waals surface area contributed by atoms with E-state index < -0.39 is 0 Å². The summed E-state index contributed by atoms with van der Waals surface area (Å²) in [6.45, 7) is 4.35. The largest absolute Gasteiger partial charge is 0.338 e. The van der Waals surface area contributed by atoms with Crippen LogP contribution >= 0.6 is 11.3 Å². The van der Waals surface area contributed by atoms with Crippen LogP contribution in [0.2, 0.25) is 0 Å². The van der Waals surface area contributed by atoms with Crippen LogP contribution in [0.4, 0.5) is 0 Å². The Labute approximate surface area is 127 Å². The molecule has 0 aliphatic carbocycles. The van der Waals surface area contributed by atoms with Gasteiger partial charge in [0.1, 0.15) is 0 Å². The third-order valence-electron chi connectivity index (χ3n) is 3.57. The van der Waals surface area contributed by atoms with Gasteiger partial charge in [0, 0.05) is 18.7 Å². The number of carbonyl (C=O) groups is 2.